The Labute approximate surface area is 383 Å². The quantitative estimate of drug-likeness (QED) is 0.154. The molecule has 2 heterocycles. The molecule has 0 aliphatic heterocycles. The monoisotopic (exact) mass is 829 g/mol. The van der Waals surface area contributed by atoms with E-state index in [1.165, 1.54) is 90.8 Å². The average Bonchev–Trinajstić information content (AvgIpc) is 3.74. The molecule has 2 aromatic heterocycles. The Morgan fingerprint density at radius 1 is 0.371 bits per heavy atom. The second-order valence-electron chi connectivity index (χ2n) is 16.8. The third kappa shape index (κ3) is 10.2. The second-order valence-corrected chi connectivity index (χ2v) is 16.8. The number of fused-ring (bicyclic) bond motifs is 12. The number of nitrogens with zero attached hydrogens (tertiary/aromatic N) is 2. The zero-order valence-corrected chi connectivity index (χ0v) is 39.8. The van der Waals surface area contributed by atoms with Crippen LogP contribution >= 0.6 is 0 Å². The maximum absolute atomic E-state index is 2.48. The van der Waals surface area contributed by atoms with Gasteiger partial charge in [0.05, 0.1) is 5.52 Å². The zero-order valence-electron chi connectivity index (χ0n) is 39.8. The summed E-state index contributed by atoms with van der Waals surface area (Å²) in [5.41, 5.74) is 11.7. The number of hydrogen-bond acceptors (Lipinski definition) is 0. The van der Waals surface area contributed by atoms with Gasteiger partial charge in [0.1, 0.15) is 0 Å². The maximum Gasteiger partial charge on any atom is 0.0571 e. The molecule has 0 unspecified atom stereocenters. The molecule has 0 bridgehead atoms. The SMILES string of the molecule is C.C.CCC.CCC.CCC.CCC.CCn1c2ccccc2c2cc3cc4c(cc3cc21)[C@H](C)[C@@H]4C.CCn1c2ccccc2c2ccc3c4c(ccc3c21)[C@H](C)[C@@H]4C.[B].[B]. The first-order chi connectivity index (χ1) is 28.1. The summed E-state index contributed by atoms with van der Waals surface area (Å²) in [7, 11) is 0. The predicted molar refractivity (Wildman–Crippen MR) is 288 cm³/mol. The number of hydrogen-bond donors (Lipinski definition) is 0. The highest BCUT2D eigenvalue weighted by atomic mass is 15.0. The van der Waals surface area contributed by atoms with E-state index in [1.807, 2.05) is 0 Å². The van der Waals surface area contributed by atoms with Crippen LogP contribution in [0.2, 0.25) is 0 Å². The molecule has 4 atom stereocenters. The number of aryl methyl sites for hydroxylation is 2. The van der Waals surface area contributed by atoms with Crippen molar-refractivity contribution in [3.63, 3.8) is 0 Å². The first kappa shape index (κ1) is 55.6. The Morgan fingerprint density at radius 3 is 1.26 bits per heavy atom. The van der Waals surface area contributed by atoms with E-state index >= 15 is 0 Å². The van der Waals surface area contributed by atoms with Crippen LogP contribution in [0.3, 0.4) is 0 Å². The highest BCUT2D eigenvalue weighted by Crippen LogP contribution is 2.51. The van der Waals surface area contributed by atoms with Crippen molar-refractivity contribution in [2.24, 2.45) is 0 Å². The van der Waals surface area contributed by atoms with E-state index in [-0.39, 0.29) is 31.7 Å². The molecule has 4 heteroatoms. The number of rotatable bonds is 2. The molecule has 0 saturated heterocycles. The Morgan fingerprint density at radius 2 is 0.758 bits per heavy atom. The van der Waals surface area contributed by atoms with Crippen molar-refractivity contribution < 1.29 is 0 Å². The maximum atomic E-state index is 2.48. The molecule has 10 rings (SSSR count). The largest absolute Gasteiger partial charge is 0.341 e. The number of benzene rings is 6. The van der Waals surface area contributed by atoms with Crippen molar-refractivity contribution in [1.82, 2.24) is 9.13 Å². The fourth-order valence-corrected chi connectivity index (χ4v) is 9.10. The third-order valence-corrected chi connectivity index (χ3v) is 12.0. The van der Waals surface area contributed by atoms with Crippen LogP contribution in [0.5, 0.6) is 0 Å². The summed E-state index contributed by atoms with van der Waals surface area (Å²) in [4.78, 5) is 0. The third-order valence-electron chi connectivity index (χ3n) is 12.0. The number of aromatic nitrogens is 2. The summed E-state index contributed by atoms with van der Waals surface area (Å²) in [6, 6.07) is 36.6. The molecular formula is C58H82B2N2. The normalized spacial score (nSPS) is 16.1. The van der Waals surface area contributed by atoms with Crippen molar-refractivity contribution in [2.75, 3.05) is 0 Å². The molecule has 330 valence electrons. The second kappa shape index (κ2) is 25.0. The van der Waals surface area contributed by atoms with Crippen LogP contribution in [0.4, 0.5) is 0 Å². The molecule has 2 aliphatic carbocycles. The standard InChI is InChI=1S/2C22H21N.4C3H8.2CH4.2B/c1-4-23-21-8-6-5-7-17(21)20-11-15-9-18-13(2)14(3)19(18)10-16(15)12-22(20)23;1-4-23-20-8-6-5-7-16(20)18-12-10-17-19(22(18)23)11-9-15-13(2)14(3)21(15)17;4*1-3-2;;;;/h2*5-14H,4H2,1-3H3;4*3H2,1-2H3;2*1H4;;/t2*13-,14+;;;;;;;;/m01......../s1. The van der Waals surface area contributed by atoms with Crippen LogP contribution in [-0.2, 0) is 13.1 Å². The molecule has 62 heavy (non-hydrogen) atoms. The molecule has 0 saturated carbocycles. The average molecular weight is 829 g/mol. The van der Waals surface area contributed by atoms with Gasteiger partial charge in [-0.15, -0.1) is 0 Å². The van der Waals surface area contributed by atoms with E-state index in [0.717, 1.165) is 13.1 Å². The van der Waals surface area contributed by atoms with E-state index < -0.39 is 0 Å². The van der Waals surface area contributed by atoms with Crippen molar-refractivity contribution in [3.8, 4) is 0 Å². The summed E-state index contributed by atoms with van der Waals surface area (Å²) in [6.45, 7) is 32.9. The van der Waals surface area contributed by atoms with Gasteiger partial charge in [0.15, 0.2) is 0 Å². The Bertz CT molecular complexity index is 2590. The first-order valence-corrected chi connectivity index (χ1v) is 23.0. The minimum atomic E-state index is 0. The first-order valence-electron chi connectivity index (χ1n) is 23.0. The zero-order chi connectivity index (χ0) is 42.3. The predicted octanol–water partition coefficient (Wildman–Crippen LogP) is 18.6. The molecule has 8 aromatic rings. The van der Waals surface area contributed by atoms with E-state index in [9.17, 15) is 0 Å². The van der Waals surface area contributed by atoms with Gasteiger partial charge >= 0.3 is 0 Å². The van der Waals surface area contributed by atoms with E-state index in [0.29, 0.717) is 23.7 Å². The minimum Gasteiger partial charge on any atom is -0.341 e. The molecule has 6 aromatic carbocycles. The summed E-state index contributed by atoms with van der Waals surface area (Å²) in [5.74, 6) is 2.76. The summed E-state index contributed by atoms with van der Waals surface area (Å²) < 4.78 is 4.92. The van der Waals surface area contributed by atoms with Gasteiger partial charge in [-0.25, -0.2) is 0 Å². The molecule has 6 radical (unpaired) electrons. The van der Waals surface area contributed by atoms with Gasteiger partial charge in [0, 0.05) is 73.4 Å². The smallest absolute Gasteiger partial charge is 0.0571 e. The van der Waals surface area contributed by atoms with E-state index in [1.54, 1.807) is 22.3 Å². The van der Waals surface area contributed by atoms with Gasteiger partial charge in [-0.3, -0.25) is 0 Å². The van der Waals surface area contributed by atoms with E-state index in [2.05, 4.69) is 203 Å². The number of para-hydroxylation sites is 2. The van der Waals surface area contributed by atoms with E-state index in [4.69, 9.17) is 0 Å². The van der Waals surface area contributed by atoms with Crippen LogP contribution in [0.15, 0.2) is 97.1 Å². The van der Waals surface area contributed by atoms with Gasteiger partial charge in [-0.2, -0.15) is 0 Å². The highest BCUT2D eigenvalue weighted by molar-refractivity contribution is 6.18. The molecule has 0 N–H and O–H groups in total. The fourth-order valence-electron chi connectivity index (χ4n) is 9.10. The molecule has 2 nitrogen and oxygen atoms in total. The topological polar surface area (TPSA) is 9.86 Å². The van der Waals surface area contributed by atoms with Crippen molar-refractivity contribution in [3.05, 3.63) is 119 Å². The molecule has 0 amide bonds. The Kier molecular flexibility index (Phi) is 22.4. The Balaban J connectivity index is 0.000000471. The molecule has 2 aliphatic rings. The summed E-state index contributed by atoms with van der Waals surface area (Å²) >= 11 is 0. The van der Waals surface area contributed by atoms with Gasteiger partial charge < -0.3 is 9.13 Å². The highest BCUT2D eigenvalue weighted by Gasteiger charge is 2.33. The van der Waals surface area contributed by atoms with Crippen LogP contribution in [0.25, 0.3) is 65.2 Å². The fraction of sp³-hybridized carbons (Fsp3) is 0.448. The van der Waals surface area contributed by atoms with Crippen molar-refractivity contribution in [1.29, 1.82) is 0 Å². The van der Waals surface area contributed by atoms with Crippen LogP contribution < -0.4 is 0 Å². The van der Waals surface area contributed by atoms with Crippen LogP contribution in [-0.4, -0.2) is 26.0 Å². The molecule has 0 fully saturated rings. The van der Waals surface area contributed by atoms with Gasteiger partial charge in [0.25, 0.3) is 0 Å². The lowest BCUT2D eigenvalue weighted by molar-refractivity contribution is 0.544. The summed E-state index contributed by atoms with van der Waals surface area (Å²) in [6.07, 6.45) is 5.00. The van der Waals surface area contributed by atoms with Gasteiger partial charge in [-0.05, 0) is 100 Å². The van der Waals surface area contributed by atoms with Crippen LogP contribution in [0.1, 0.15) is 183 Å². The lowest BCUT2D eigenvalue weighted by Crippen LogP contribution is -2.19. The van der Waals surface area contributed by atoms with Gasteiger partial charge in [0.2, 0.25) is 0 Å². The molecular weight excluding hydrogens is 746 g/mol. The minimum absolute atomic E-state index is 0. The lowest BCUT2D eigenvalue weighted by Gasteiger charge is -2.36. The van der Waals surface area contributed by atoms with Gasteiger partial charge in [-0.1, -0.05) is 196 Å². The van der Waals surface area contributed by atoms with Crippen molar-refractivity contribution >= 4 is 82.0 Å². The van der Waals surface area contributed by atoms with Crippen molar-refractivity contribution in [2.45, 2.75) is 174 Å². The van der Waals surface area contributed by atoms with Crippen LogP contribution in [0, 0.1) is 0 Å². The summed E-state index contributed by atoms with van der Waals surface area (Å²) in [5, 5.41) is 11.1. The lowest BCUT2D eigenvalue weighted by atomic mass is 9.68. The molecule has 0 spiro atoms. The Hall–Kier alpha value is -4.43.